The minimum atomic E-state index is -0.541. The second-order valence-electron chi connectivity index (χ2n) is 7.52. The molecule has 1 aromatic heterocycles. The predicted molar refractivity (Wildman–Crippen MR) is 114 cm³/mol. The number of rotatable bonds is 6. The average molecular weight is 386 g/mol. The summed E-state index contributed by atoms with van der Waals surface area (Å²) >= 11 is 0. The van der Waals surface area contributed by atoms with Crippen LogP contribution < -0.4 is 4.73 Å². The van der Waals surface area contributed by atoms with E-state index >= 15 is 0 Å². The number of pyridine rings is 1. The van der Waals surface area contributed by atoms with E-state index < -0.39 is 12.2 Å². The summed E-state index contributed by atoms with van der Waals surface area (Å²) in [4.78, 5) is 0. The number of nitrogens with zero attached hydrogens (tertiary/aromatic N) is 1. The first-order valence-corrected chi connectivity index (χ1v) is 10.6. The standard InChI is InChI=1S/C22H29NO3.C2H6/c1-4-18(24)13-19(25)9-10-20-14(2)21-11-16-7-5-6-8-17(16)12-22(21)23(26)15(20)3;1-2/h5-8,18-19,24-25H,4,9-13H2,1-3H3;1-2H3/t18-,19+;/m0./s1. The molecule has 0 saturated heterocycles. The fourth-order valence-electron chi connectivity index (χ4n) is 4.08. The molecule has 4 nitrogen and oxygen atoms in total. The van der Waals surface area contributed by atoms with Gasteiger partial charge in [-0.1, -0.05) is 45.0 Å². The fraction of sp³-hybridized carbons (Fsp3) is 0.542. The van der Waals surface area contributed by atoms with Crippen LogP contribution in [0.1, 0.15) is 79.2 Å². The number of aromatic nitrogens is 1. The summed E-state index contributed by atoms with van der Waals surface area (Å²) in [5.74, 6) is 0. The predicted octanol–water partition coefficient (Wildman–Crippen LogP) is 3.91. The first-order valence-electron chi connectivity index (χ1n) is 10.6. The number of benzene rings is 1. The van der Waals surface area contributed by atoms with E-state index in [0.29, 0.717) is 32.1 Å². The third-order valence-electron chi connectivity index (χ3n) is 5.83. The fourth-order valence-corrected chi connectivity index (χ4v) is 4.08. The van der Waals surface area contributed by atoms with Gasteiger partial charge in [-0.15, -0.1) is 0 Å². The number of hydrogen-bond donors (Lipinski definition) is 2. The number of aliphatic hydroxyl groups is 2. The molecule has 1 aliphatic rings. The Bertz CT molecular complexity index is 801. The minimum Gasteiger partial charge on any atom is -0.618 e. The van der Waals surface area contributed by atoms with Crippen molar-refractivity contribution in [2.45, 2.75) is 85.4 Å². The van der Waals surface area contributed by atoms with Crippen molar-refractivity contribution in [2.24, 2.45) is 0 Å². The zero-order chi connectivity index (χ0) is 20.8. The summed E-state index contributed by atoms with van der Waals surface area (Å²) < 4.78 is 1.10. The molecule has 0 spiro atoms. The molecule has 2 N–H and O–H groups in total. The Labute approximate surface area is 169 Å². The third kappa shape index (κ3) is 4.73. The minimum absolute atomic E-state index is 0.393. The molecule has 28 heavy (non-hydrogen) atoms. The zero-order valence-electron chi connectivity index (χ0n) is 18.0. The Morgan fingerprint density at radius 3 is 2.25 bits per heavy atom. The molecule has 0 amide bonds. The Morgan fingerprint density at radius 1 is 1.04 bits per heavy atom. The van der Waals surface area contributed by atoms with Gasteiger partial charge < -0.3 is 15.4 Å². The Balaban J connectivity index is 0.00000136. The smallest absolute Gasteiger partial charge is 0.201 e. The molecule has 0 unspecified atom stereocenters. The summed E-state index contributed by atoms with van der Waals surface area (Å²) in [6.07, 6.45) is 2.74. The van der Waals surface area contributed by atoms with Crippen molar-refractivity contribution < 1.29 is 14.9 Å². The van der Waals surface area contributed by atoms with Crippen LogP contribution >= 0.6 is 0 Å². The van der Waals surface area contributed by atoms with Gasteiger partial charge in [0.1, 0.15) is 0 Å². The largest absolute Gasteiger partial charge is 0.618 e. The topological polar surface area (TPSA) is 67.4 Å². The highest BCUT2D eigenvalue weighted by molar-refractivity contribution is 5.47. The molecule has 0 fully saturated rings. The van der Waals surface area contributed by atoms with Gasteiger partial charge in [-0.3, -0.25) is 0 Å². The van der Waals surface area contributed by atoms with Crippen LogP contribution in [0.2, 0.25) is 0 Å². The van der Waals surface area contributed by atoms with E-state index in [1.54, 1.807) is 0 Å². The van der Waals surface area contributed by atoms with Gasteiger partial charge in [0.2, 0.25) is 5.69 Å². The van der Waals surface area contributed by atoms with Gasteiger partial charge in [0.05, 0.1) is 18.6 Å². The maximum atomic E-state index is 12.9. The van der Waals surface area contributed by atoms with Crippen molar-refractivity contribution in [1.82, 2.24) is 0 Å². The molecule has 0 bridgehead atoms. The summed E-state index contributed by atoms with van der Waals surface area (Å²) in [6.45, 7) is 9.89. The maximum Gasteiger partial charge on any atom is 0.201 e. The molecule has 0 aliphatic heterocycles. The molecule has 154 valence electrons. The van der Waals surface area contributed by atoms with E-state index in [1.165, 1.54) is 16.7 Å². The SMILES string of the molecule is CC.CC[C@H](O)C[C@H](O)CCc1c(C)c2c([n+]([O-])c1C)Cc1ccccc1C2. The number of aliphatic hydroxyl groups excluding tert-OH is 2. The summed E-state index contributed by atoms with van der Waals surface area (Å²) in [6, 6.07) is 8.32. The van der Waals surface area contributed by atoms with E-state index in [2.05, 4.69) is 25.1 Å². The average Bonchev–Trinajstić information content (AvgIpc) is 2.72. The van der Waals surface area contributed by atoms with Crippen LogP contribution in [-0.2, 0) is 19.3 Å². The van der Waals surface area contributed by atoms with E-state index in [1.807, 2.05) is 33.8 Å². The van der Waals surface area contributed by atoms with Gasteiger partial charge in [-0.2, -0.15) is 4.73 Å². The van der Waals surface area contributed by atoms with Crippen LogP contribution in [0.5, 0.6) is 0 Å². The van der Waals surface area contributed by atoms with E-state index in [4.69, 9.17) is 0 Å². The molecule has 1 heterocycles. The van der Waals surface area contributed by atoms with E-state index in [-0.39, 0.29) is 0 Å². The van der Waals surface area contributed by atoms with E-state index in [9.17, 15) is 15.4 Å². The summed E-state index contributed by atoms with van der Waals surface area (Å²) in [5, 5.41) is 32.8. The highest BCUT2D eigenvalue weighted by Crippen LogP contribution is 2.30. The molecule has 1 aliphatic carbocycles. The van der Waals surface area contributed by atoms with Crippen molar-refractivity contribution in [1.29, 1.82) is 0 Å². The normalized spacial score (nSPS) is 14.4. The quantitative estimate of drug-likeness (QED) is 0.499. The molecule has 3 rings (SSSR count). The zero-order valence-corrected chi connectivity index (χ0v) is 18.0. The second-order valence-corrected chi connectivity index (χ2v) is 7.52. The lowest BCUT2D eigenvalue weighted by atomic mass is 9.84. The molecule has 4 heteroatoms. The lowest BCUT2D eigenvalue weighted by molar-refractivity contribution is -0.621. The van der Waals surface area contributed by atoms with Crippen molar-refractivity contribution in [3.8, 4) is 0 Å². The van der Waals surface area contributed by atoms with Gasteiger partial charge >= 0.3 is 0 Å². The van der Waals surface area contributed by atoms with Crippen LogP contribution in [0.15, 0.2) is 24.3 Å². The van der Waals surface area contributed by atoms with Gasteiger partial charge in [-0.25, -0.2) is 0 Å². The Hall–Kier alpha value is -1.91. The molecule has 0 saturated carbocycles. The van der Waals surface area contributed by atoms with Crippen LogP contribution in [0, 0.1) is 19.1 Å². The first-order chi connectivity index (χ1) is 13.4. The molecule has 1 aromatic carbocycles. The van der Waals surface area contributed by atoms with Crippen molar-refractivity contribution in [2.75, 3.05) is 0 Å². The molecule has 2 atom stereocenters. The summed E-state index contributed by atoms with van der Waals surface area (Å²) in [7, 11) is 0. The number of fused-ring (bicyclic) bond motifs is 2. The van der Waals surface area contributed by atoms with Crippen molar-refractivity contribution in [3.63, 3.8) is 0 Å². The van der Waals surface area contributed by atoms with Gasteiger partial charge in [0, 0.05) is 24.5 Å². The molecule has 0 radical (unpaired) electrons. The van der Waals surface area contributed by atoms with Crippen LogP contribution in [0.3, 0.4) is 0 Å². The highest BCUT2D eigenvalue weighted by atomic mass is 16.5. The Morgan fingerprint density at radius 2 is 1.64 bits per heavy atom. The van der Waals surface area contributed by atoms with Crippen LogP contribution in [0.25, 0.3) is 0 Å². The molecule has 2 aromatic rings. The number of hydrogen-bond acceptors (Lipinski definition) is 3. The van der Waals surface area contributed by atoms with Crippen molar-refractivity contribution >= 4 is 0 Å². The molecular weight excluding hydrogens is 350 g/mol. The Kier molecular flexibility index (Phi) is 8.02. The van der Waals surface area contributed by atoms with Gasteiger partial charge in [0.15, 0.2) is 5.69 Å². The monoisotopic (exact) mass is 385 g/mol. The van der Waals surface area contributed by atoms with Crippen LogP contribution in [0.4, 0.5) is 0 Å². The molecular formula is C24H35NO3. The maximum absolute atomic E-state index is 12.9. The van der Waals surface area contributed by atoms with Gasteiger partial charge in [-0.05, 0) is 49.3 Å². The third-order valence-corrected chi connectivity index (χ3v) is 5.83. The van der Waals surface area contributed by atoms with Gasteiger partial charge in [0.25, 0.3) is 0 Å². The van der Waals surface area contributed by atoms with Crippen LogP contribution in [-0.4, -0.2) is 22.4 Å². The van der Waals surface area contributed by atoms with E-state index in [0.717, 1.165) is 33.7 Å². The van der Waals surface area contributed by atoms with Crippen molar-refractivity contribution in [3.05, 3.63) is 68.7 Å². The summed E-state index contributed by atoms with van der Waals surface area (Å²) in [5.41, 5.74) is 7.50. The highest BCUT2D eigenvalue weighted by Gasteiger charge is 2.28. The second kappa shape index (κ2) is 10.0. The lowest BCUT2D eigenvalue weighted by Crippen LogP contribution is -2.40. The first kappa shape index (κ1) is 22.4. The lowest BCUT2D eigenvalue weighted by Gasteiger charge is -2.24.